The van der Waals surface area contributed by atoms with Crippen LogP contribution in [0.3, 0.4) is 0 Å². The number of nitrogens with zero attached hydrogens (tertiary/aromatic N) is 3. The van der Waals surface area contributed by atoms with Crippen molar-refractivity contribution in [3.05, 3.63) is 56.7 Å². The zero-order valence-electron chi connectivity index (χ0n) is 14.6. The number of nitrogens with one attached hydrogen (secondary N) is 1. The van der Waals surface area contributed by atoms with Crippen molar-refractivity contribution in [1.82, 2.24) is 15.1 Å². The molecule has 5 nitrogen and oxygen atoms in total. The molecule has 0 saturated carbocycles. The number of rotatable bonds is 4. The number of amides is 2. The SMILES string of the molecule is CC(NC(=O)N1CCN(Cc2ccc(Cl)s2)CC1)c1ccc(C#N)cc1. The molecule has 0 radical (unpaired) electrons. The molecule has 1 fully saturated rings. The Morgan fingerprint density at radius 3 is 2.50 bits per heavy atom. The Bertz CT molecular complexity index is 791. The maximum atomic E-state index is 12.5. The summed E-state index contributed by atoms with van der Waals surface area (Å²) < 4.78 is 0.815. The fourth-order valence-corrected chi connectivity index (χ4v) is 4.10. The molecule has 2 heterocycles. The number of thiophene rings is 1. The van der Waals surface area contributed by atoms with Crippen molar-refractivity contribution in [2.24, 2.45) is 0 Å². The minimum absolute atomic E-state index is 0.0410. The van der Waals surface area contributed by atoms with E-state index in [9.17, 15) is 4.79 Å². The van der Waals surface area contributed by atoms with Crippen molar-refractivity contribution >= 4 is 29.0 Å². The first-order chi connectivity index (χ1) is 12.5. The number of hydrogen-bond donors (Lipinski definition) is 1. The van der Waals surface area contributed by atoms with Gasteiger partial charge < -0.3 is 10.2 Å². The van der Waals surface area contributed by atoms with E-state index in [1.54, 1.807) is 23.5 Å². The van der Waals surface area contributed by atoms with Gasteiger partial charge in [-0.05, 0) is 36.8 Å². The van der Waals surface area contributed by atoms with Crippen LogP contribution in [0.15, 0.2) is 36.4 Å². The smallest absolute Gasteiger partial charge is 0.317 e. The van der Waals surface area contributed by atoms with Crippen molar-refractivity contribution < 1.29 is 4.79 Å². The molecule has 0 bridgehead atoms. The van der Waals surface area contributed by atoms with Crippen LogP contribution in [0.5, 0.6) is 0 Å². The standard InChI is InChI=1S/C19H21ClN4OS/c1-14(16-4-2-15(12-21)3-5-16)22-19(25)24-10-8-23(9-11-24)13-17-6-7-18(20)26-17/h2-7,14H,8-11,13H2,1H3,(H,22,25). The summed E-state index contributed by atoms with van der Waals surface area (Å²) in [5.41, 5.74) is 1.61. The third kappa shape index (κ3) is 4.76. The van der Waals surface area contributed by atoms with Gasteiger partial charge in [0, 0.05) is 37.6 Å². The lowest BCUT2D eigenvalue weighted by atomic mass is 10.1. The van der Waals surface area contributed by atoms with E-state index >= 15 is 0 Å². The Morgan fingerprint density at radius 2 is 1.92 bits per heavy atom. The number of urea groups is 1. The lowest BCUT2D eigenvalue weighted by Gasteiger charge is -2.35. The largest absolute Gasteiger partial charge is 0.331 e. The molecule has 1 unspecified atom stereocenters. The maximum absolute atomic E-state index is 12.5. The summed E-state index contributed by atoms with van der Waals surface area (Å²) in [4.78, 5) is 18.0. The van der Waals surface area contributed by atoms with Crippen LogP contribution in [0, 0.1) is 11.3 Å². The number of hydrogen-bond acceptors (Lipinski definition) is 4. The number of carbonyl (C=O) groups excluding carboxylic acids is 1. The van der Waals surface area contributed by atoms with Crippen molar-refractivity contribution in [3.8, 4) is 6.07 Å². The zero-order valence-corrected chi connectivity index (χ0v) is 16.2. The second kappa shape index (κ2) is 8.54. The molecular formula is C19H21ClN4OS. The van der Waals surface area contributed by atoms with E-state index in [1.807, 2.05) is 30.0 Å². The molecule has 1 aromatic carbocycles. The molecule has 136 valence electrons. The van der Waals surface area contributed by atoms with E-state index in [0.29, 0.717) is 18.7 Å². The average molecular weight is 389 g/mol. The molecule has 1 atom stereocenters. The molecule has 1 aliphatic rings. The summed E-state index contributed by atoms with van der Waals surface area (Å²) in [6.45, 7) is 5.98. The van der Waals surface area contributed by atoms with E-state index in [0.717, 1.165) is 29.5 Å². The quantitative estimate of drug-likeness (QED) is 0.865. The highest BCUT2D eigenvalue weighted by atomic mass is 35.5. The highest BCUT2D eigenvalue weighted by Crippen LogP contribution is 2.23. The molecule has 2 amide bonds. The first kappa shape index (κ1) is 18.7. The summed E-state index contributed by atoms with van der Waals surface area (Å²) in [7, 11) is 0. The van der Waals surface area contributed by atoms with Gasteiger partial charge in [0.25, 0.3) is 0 Å². The maximum Gasteiger partial charge on any atom is 0.317 e. The van der Waals surface area contributed by atoms with Crippen LogP contribution in [0.25, 0.3) is 0 Å². The third-order valence-corrected chi connectivity index (χ3v) is 5.76. The topological polar surface area (TPSA) is 59.4 Å². The van der Waals surface area contributed by atoms with Crippen LogP contribution in [0.1, 0.15) is 29.0 Å². The first-order valence-corrected chi connectivity index (χ1v) is 9.76. The number of halogens is 1. The average Bonchev–Trinajstić information content (AvgIpc) is 3.07. The van der Waals surface area contributed by atoms with Crippen LogP contribution in [-0.4, -0.2) is 42.0 Å². The molecule has 26 heavy (non-hydrogen) atoms. The van der Waals surface area contributed by atoms with Gasteiger partial charge in [0.15, 0.2) is 0 Å². The first-order valence-electron chi connectivity index (χ1n) is 8.57. The van der Waals surface area contributed by atoms with Gasteiger partial charge in [-0.2, -0.15) is 5.26 Å². The summed E-state index contributed by atoms with van der Waals surface area (Å²) in [5.74, 6) is 0. The fourth-order valence-electron chi connectivity index (χ4n) is 2.97. The molecule has 0 spiro atoms. The second-order valence-electron chi connectivity index (χ2n) is 6.37. The summed E-state index contributed by atoms with van der Waals surface area (Å²) in [6.07, 6.45) is 0. The Kier molecular flexibility index (Phi) is 6.15. The Morgan fingerprint density at radius 1 is 1.23 bits per heavy atom. The molecular weight excluding hydrogens is 368 g/mol. The van der Waals surface area contributed by atoms with E-state index in [-0.39, 0.29) is 12.1 Å². The molecule has 1 aromatic heterocycles. The lowest BCUT2D eigenvalue weighted by Crippen LogP contribution is -2.51. The van der Waals surface area contributed by atoms with E-state index in [4.69, 9.17) is 16.9 Å². The van der Waals surface area contributed by atoms with E-state index in [1.165, 1.54) is 4.88 Å². The summed E-state index contributed by atoms with van der Waals surface area (Å²) in [6, 6.07) is 13.3. The fraction of sp³-hybridized carbons (Fsp3) is 0.368. The highest BCUT2D eigenvalue weighted by molar-refractivity contribution is 7.16. The van der Waals surface area contributed by atoms with Crippen molar-refractivity contribution in [2.75, 3.05) is 26.2 Å². The molecule has 3 rings (SSSR count). The van der Waals surface area contributed by atoms with Gasteiger partial charge in [-0.1, -0.05) is 23.7 Å². The van der Waals surface area contributed by atoms with Gasteiger partial charge in [0.1, 0.15) is 0 Å². The van der Waals surface area contributed by atoms with Crippen LogP contribution in [0.2, 0.25) is 4.34 Å². The normalized spacial score (nSPS) is 16.1. The molecule has 7 heteroatoms. The van der Waals surface area contributed by atoms with Crippen LogP contribution in [0.4, 0.5) is 4.79 Å². The minimum atomic E-state index is -0.0958. The van der Waals surface area contributed by atoms with Gasteiger partial charge in [0.2, 0.25) is 0 Å². The zero-order chi connectivity index (χ0) is 18.5. The lowest BCUT2D eigenvalue weighted by molar-refractivity contribution is 0.134. The van der Waals surface area contributed by atoms with Crippen LogP contribution >= 0.6 is 22.9 Å². The predicted octanol–water partition coefficient (Wildman–Crippen LogP) is 3.86. The van der Waals surface area contributed by atoms with Gasteiger partial charge in [-0.15, -0.1) is 11.3 Å². The predicted molar refractivity (Wildman–Crippen MR) is 104 cm³/mol. The Labute approximate surface area is 162 Å². The van der Waals surface area contributed by atoms with Crippen LogP contribution in [-0.2, 0) is 6.54 Å². The summed E-state index contributed by atoms with van der Waals surface area (Å²) in [5, 5.41) is 11.9. The second-order valence-corrected chi connectivity index (χ2v) is 8.17. The van der Waals surface area contributed by atoms with Crippen LogP contribution < -0.4 is 5.32 Å². The van der Waals surface area contributed by atoms with Crippen molar-refractivity contribution in [3.63, 3.8) is 0 Å². The minimum Gasteiger partial charge on any atom is -0.331 e. The number of nitriles is 1. The molecule has 1 aliphatic heterocycles. The third-order valence-electron chi connectivity index (χ3n) is 4.55. The number of carbonyl (C=O) groups is 1. The Hall–Kier alpha value is -2.07. The highest BCUT2D eigenvalue weighted by Gasteiger charge is 2.22. The van der Waals surface area contributed by atoms with Crippen molar-refractivity contribution in [1.29, 1.82) is 5.26 Å². The van der Waals surface area contributed by atoms with Crippen molar-refractivity contribution in [2.45, 2.75) is 19.5 Å². The van der Waals surface area contributed by atoms with Gasteiger partial charge >= 0.3 is 6.03 Å². The number of piperazine rings is 1. The molecule has 0 aliphatic carbocycles. The monoisotopic (exact) mass is 388 g/mol. The van der Waals surface area contributed by atoms with Gasteiger partial charge in [-0.3, -0.25) is 4.90 Å². The van der Waals surface area contributed by atoms with E-state index < -0.39 is 0 Å². The summed E-state index contributed by atoms with van der Waals surface area (Å²) >= 11 is 7.59. The van der Waals surface area contributed by atoms with E-state index in [2.05, 4.69) is 22.4 Å². The Balaban J connectivity index is 1.47. The molecule has 1 N–H and O–H groups in total. The molecule has 2 aromatic rings. The number of benzene rings is 1. The van der Waals surface area contributed by atoms with Gasteiger partial charge in [-0.25, -0.2) is 4.79 Å². The molecule has 1 saturated heterocycles. The van der Waals surface area contributed by atoms with Gasteiger partial charge in [0.05, 0.1) is 22.0 Å².